The van der Waals surface area contributed by atoms with Crippen molar-refractivity contribution in [3.8, 4) is 10.4 Å². The van der Waals surface area contributed by atoms with E-state index in [-0.39, 0.29) is 6.04 Å². The molecule has 6 nitrogen and oxygen atoms in total. The van der Waals surface area contributed by atoms with Gasteiger partial charge < -0.3 is 15.8 Å². The second-order valence-corrected chi connectivity index (χ2v) is 8.85. The third-order valence-corrected chi connectivity index (χ3v) is 6.38. The summed E-state index contributed by atoms with van der Waals surface area (Å²) in [5.74, 6) is 0. The fourth-order valence-electron chi connectivity index (χ4n) is 3.59. The zero-order chi connectivity index (χ0) is 23.6. The van der Waals surface area contributed by atoms with Crippen molar-refractivity contribution < 1.29 is 17.9 Å². The Morgan fingerprint density at radius 1 is 1.18 bits per heavy atom. The maximum absolute atomic E-state index is 12.7. The quantitative estimate of drug-likeness (QED) is 0.328. The number of rotatable bonds is 8. The molecule has 0 saturated heterocycles. The second kappa shape index (κ2) is 9.50. The lowest BCUT2D eigenvalue weighted by atomic mass is 10.0. The molecule has 0 spiro atoms. The van der Waals surface area contributed by atoms with Crippen LogP contribution >= 0.6 is 11.3 Å². The number of nitrogens with two attached hydrogens (primary N) is 1. The summed E-state index contributed by atoms with van der Waals surface area (Å²) in [5, 5.41) is 12.3. The third kappa shape index (κ3) is 5.35. The van der Waals surface area contributed by atoms with Crippen LogP contribution in [0.15, 0.2) is 42.5 Å². The van der Waals surface area contributed by atoms with Gasteiger partial charge in [0.15, 0.2) is 5.13 Å². The summed E-state index contributed by atoms with van der Waals surface area (Å²) in [4.78, 5) is 5.66. The molecule has 0 aliphatic heterocycles. The summed E-state index contributed by atoms with van der Waals surface area (Å²) in [6.07, 6.45) is -3.89. The number of methoxy groups -OCH3 is 1. The molecule has 0 aliphatic carbocycles. The first kappa shape index (κ1) is 23.2. The van der Waals surface area contributed by atoms with Gasteiger partial charge in [-0.05, 0) is 48.7 Å². The third-order valence-electron chi connectivity index (χ3n) is 5.28. The smallest absolute Gasteiger partial charge is 0.378 e. The summed E-state index contributed by atoms with van der Waals surface area (Å²) in [7, 11) is 1.62. The predicted molar refractivity (Wildman–Crippen MR) is 124 cm³/mol. The number of thiazole rings is 1. The van der Waals surface area contributed by atoms with Crippen molar-refractivity contribution in [2.45, 2.75) is 32.2 Å². The van der Waals surface area contributed by atoms with E-state index in [0.717, 1.165) is 50.4 Å². The summed E-state index contributed by atoms with van der Waals surface area (Å²) >= 11 is 1.51. The Morgan fingerprint density at radius 3 is 2.64 bits per heavy atom. The first-order valence-electron chi connectivity index (χ1n) is 10.3. The predicted octanol–water partition coefficient (Wildman–Crippen LogP) is 5.14. The Balaban J connectivity index is 1.45. The minimum atomic E-state index is -4.34. The standard InChI is InChI=1S/C23H24F3N5OS/c1-13-18-10-15(5-8-19(18)31-30-13)21-20(12-32-2)29-22(33-21)28-11-17(27)9-14-3-6-16(7-4-14)23(24,25)26/h3-8,10,17H,9,11-12,27H2,1-2H3,(H,28,29)(H,30,31). The highest BCUT2D eigenvalue weighted by Crippen LogP contribution is 2.35. The van der Waals surface area contributed by atoms with Gasteiger partial charge in [-0.2, -0.15) is 18.3 Å². The lowest BCUT2D eigenvalue weighted by molar-refractivity contribution is -0.137. The topological polar surface area (TPSA) is 88.8 Å². The molecule has 0 saturated carbocycles. The summed E-state index contributed by atoms with van der Waals surface area (Å²) in [6, 6.07) is 10.9. The Morgan fingerprint density at radius 2 is 1.94 bits per heavy atom. The van der Waals surface area contributed by atoms with E-state index < -0.39 is 11.7 Å². The van der Waals surface area contributed by atoms with Crippen LogP contribution in [-0.2, 0) is 23.9 Å². The highest BCUT2D eigenvalue weighted by Gasteiger charge is 2.30. The van der Waals surface area contributed by atoms with Gasteiger partial charge in [0.05, 0.1) is 28.3 Å². The molecule has 2 aromatic carbocycles. The minimum absolute atomic E-state index is 0.287. The van der Waals surface area contributed by atoms with E-state index in [0.29, 0.717) is 24.7 Å². The van der Waals surface area contributed by atoms with Crippen LogP contribution in [0.4, 0.5) is 18.3 Å². The number of hydrogen-bond donors (Lipinski definition) is 3. The fourth-order valence-corrected chi connectivity index (χ4v) is 4.56. The van der Waals surface area contributed by atoms with Crippen LogP contribution in [0.2, 0.25) is 0 Å². The fraction of sp³-hybridized carbons (Fsp3) is 0.304. The molecular weight excluding hydrogens is 451 g/mol. The van der Waals surface area contributed by atoms with Gasteiger partial charge in [0, 0.05) is 30.8 Å². The number of ether oxygens (including phenoxy) is 1. The van der Waals surface area contributed by atoms with E-state index in [1.54, 1.807) is 7.11 Å². The number of benzene rings is 2. The van der Waals surface area contributed by atoms with E-state index in [1.807, 2.05) is 19.1 Å². The number of nitrogens with zero attached hydrogens (tertiary/aromatic N) is 2. The molecular formula is C23H24F3N5OS. The molecule has 0 bridgehead atoms. The van der Waals surface area contributed by atoms with Gasteiger partial charge in [-0.3, -0.25) is 5.10 Å². The normalized spacial score (nSPS) is 12.9. The zero-order valence-electron chi connectivity index (χ0n) is 18.2. The van der Waals surface area contributed by atoms with Gasteiger partial charge in [-0.25, -0.2) is 4.98 Å². The monoisotopic (exact) mass is 475 g/mol. The number of aryl methyl sites for hydroxylation is 1. The van der Waals surface area contributed by atoms with Crippen molar-refractivity contribution in [2.75, 3.05) is 19.0 Å². The number of aromatic nitrogens is 3. The zero-order valence-corrected chi connectivity index (χ0v) is 19.0. The average molecular weight is 476 g/mol. The average Bonchev–Trinajstić information content (AvgIpc) is 3.35. The van der Waals surface area contributed by atoms with Gasteiger partial charge in [0.1, 0.15) is 0 Å². The van der Waals surface area contributed by atoms with Crippen LogP contribution in [0.25, 0.3) is 21.3 Å². The molecule has 33 heavy (non-hydrogen) atoms. The maximum Gasteiger partial charge on any atom is 0.416 e. The Hall–Kier alpha value is -2.95. The molecule has 4 N–H and O–H groups in total. The molecule has 2 aromatic heterocycles. The largest absolute Gasteiger partial charge is 0.416 e. The summed E-state index contributed by atoms with van der Waals surface area (Å²) < 4.78 is 43.5. The van der Waals surface area contributed by atoms with Crippen molar-refractivity contribution in [3.63, 3.8) is 0 Å². The number of alkyl halides is 3. The molecule has 2 heterocycles. The Labute approximate surface area is 193 Å². The number of nitrogens with one attached hydrogen (secondary N) is 2. The number of aromatic amines is 1. The molecule has 0 fully saturated rings. The van der Waals surface area contributed by atoms with Gasteiger partial charge in [-0.1, -0.05) is 29.5 Å². The number of H-pyrrole nitrogens is 1. The van der Waals surface area contributed by atoms with Crippen molar-refractivity contribution in [3.05, 3.63) is 65.0 Å². The summed E-state index contributed by atoms with van der Waals surface area (Å²) in [5.41, 5.74) is 10.1. The van der Waals surface area contributed by atoms with Crippen LogP contribution in [0, 0.1) is 6.92 Å². The number of hydrogen-bond acceptors (Lipinski definition) is 6. The molecule has 1 atom stereocenters. The SMILES string of the molecule is COCc1nc(NCC(N)Cc2ccc(C(F)(F)F)cc2)sc1-c1ccc2n[nH]c(C)c2c1. The molecule has 4 rings (SSSR count). The van der Waals surface area contributed by atoms with Gasteiger partial charge in [0.2, 0.25) is 0 Å². The molecule has 174 valence electrons. The first-order chi connectivity index (χ1) is 15.7. The number of halogens is 3. The lowest BCUT2D eigenvalue weighted by Crippen LogP contribution is -2.31. The van der Waals surface area contributed by atoms with Crippen molar-refractivity contribution >= 4 is 27.4 Å². The van der Waals surface area contributed by atoms with Crippen LogP contribution in [0.5, 0.6) is 0 Å². The number of fused-ring (bicyclic) bond motifs is 1. The highest BCUT2D eigenvalue weighted by molar-refractivity contribution is 7.19. The van der Waals surface area contributed by atoms with Crippen molar-refractivity contribution in [1.82, 2.24) is 15.2 Å². The van der Waals surface area contributed by atoms with E-state index >= 15 is 0 Å². The molecule has 4 aromatic rings. The Bertz CT molecular complexity index is 1230. The van der Waals surface area contributed by atoms with Gasteiger partial charge >= 0.3 is 6.18 Å². The van der Waals surface area contributed by atoms with Crippen molar-refractivity contribution in [2.24, 2.45) is 5.73 Å². The highest BCUT2D eigenvalue weighted by atomic mass is 32.1. The van der Waals surface area contributed by atoms with E-state index in [4.69, 9.17) is 10.5 Å². The van der Waals surface area contributed by atoms with Crippen LogP contribution in [0.1, 0.15) is 22.5 Å². The minimum Gasteiger partial charge on any atom is -0.378 e. The van der Waals surface area contributed by atoms with Crippen LogP contribution in [0.3, 0.4) is 0 Å². The number of anilines is 1. The van der Waals surface area contributed by atoms with E-state index in [1.165, 1.54) is 23.5 Å². The molecule has 0 amide bonds. The van der Waals surface area contributed by atoms with Gasteiger partial charge in [0.25, 0.3) is 0 Å². The summed E-state index contributed by atoms with van der Waals surface area (Å²) in [6.45, 7) is 2.78. The van der Waals surface area contributed by atoms with E-state index in [2.05, 4.69) is 26.6 Å². The van der Waals surface area contributed by atoms with Crippen LogP contribution < -0.4 is 11.1 Å². The maximum atomic E-state index is 12.7. The molecule has 10 heteroatoms. The van der Waals surface area contributed by atoms with E-state index in [9.17, 15) is 13.2 Å². The lowest BCUT2D eigenvalue weighted by Gasteiger charge is -2.13. The molecule has 0 radical (unpaired) electrons. The second-order valence-electron chi connectivity index (χ2n) is 7.85. The molecule has 1 unspecified atom stereocenters. The Kier molecular flexibility index (Phi) is 6.68. The first-order valence-corrected chi connectivity index (χ1v) is 11.2. The molecule has 0 aliphatic rings. The van der Waals surface area contributed by atoms with Crippen molar-refractivity contribution in [1.29, 1.82) is 0 Å². The van der Waals surface area contributed by atoms with Crippen LogP contribution in [-0.4, -0.2) is 34.9 Å². The van der Waals surface area contributed by atoms with Gasteiger partial charge in [-0.15, -0.1) is 0 Å².